The third kappa shape index (κ3) is 2.71. The van der Waals surface area contributed by atoms with Gasteiger partial charge in [-0.3, -0.25) is 0 Å². The summed E-state index contributed by atoms with van der Waals surface area (Å²) < 4.78 is 13.3. The highest BCUT2D eigenvalue weighted by molar-refractivity contribution is 9.10. The van der Waals surface area contributed by atoms with E-state index in [2.05, 4.69) is 31.3 Å². The zero-order valence-corrected chi connectivity index (χ0v) is 13.8. The molecule has 3 rings (SSSR count). The molecule has 0 saturated carbocycles. The quantitative estimate of drug-likeness (QED) is 0.755. The van der Waals surface area contributed by atoms with Crippen molar-refractivity contribution in [3.63, 3.8) is 0 Å². The Bertz CT molecular complexity index is 803. The highest BCUT2D eigenvalue weighted by Gasteiger charge is 2.09. The van der Waals surface area contributed by atoms with Crippen molar-refractivity contribution in [1.82, 2.24) is 14.6 Å². The monoisotopic (exact) mass is 362 g/mol. The standard InChI is InChI=1S/C15H15BrN4O2/c1-21-11-4-3-10(13(7-11)22-2)8-17-15-12-5-6-14(16)20(12)19-9-18-15/h3-7,9H,8H2,1-2H3,(H,17,18,19). The van der Waals surface area contributed by atoms with Gasteiger partial charge in [-0.15, -0.1) is 0 Å². The van der Waals surface area contributed by atoms with Gasteiger partial charge in [-0.05, 0) is 40.2 Å². The topological polar surface area (TPSA) is 60.7 Å². The van der Waals surface area contributed by atoms with Gasteiger partial charge in [0, 0.05) is 18.2 Å². The van der Waals surface area contributed by atoms with Crippen LogP contribution < -0.4 is 14.8 Å². The van der Waals surface area contributed by atoms with Gasteiger partial charge in [0.25, 0.3) is 0 Å². The number of rotatable bonds is 5. The van der Waals surface area contributed by atoms with E-state index in [1.54, 1.807) is 18.7 Å². The maximum Gasteiger partial charge on any atom is 0.154 e. The second kappa shape index (κ2) is 6.23. The summed E-state index contributed by atoms with van der Waals surface area (Å²) in [6.45, 7) is 0.586. The van der Waals surface area contributed by atoms with Crippen LogP contribution >= 0.6 is 15.9 Å². The van der Waals surface area contributed by atoms with E-state index < -0.39 is 0 Å². The molecule has 22 heavy (non-hydrogen) atoms. The summed E-state index contributed by atoms with van der Waals surface area (Å²) in [5, 5.41) is 7.51. The lowest BCUT2D eigenvalue weighted by molar-refractivity contribution is 0.391. The van der Waals surface area contributed by atoms with Crippen molar-refractivity contribution in [3.05, 3.63) is 46.8 Å². The molecule has 0 aliphatic heterocycles. The van der Waals surface area contributed by atoms with Crippen LogP contribution in [0.5, 0.6) is 11.5 Å². The Labute approximate surface area is 136 Å². The van der Waals surface area contributed by atoms with Gasteiger partial charge in [0.05, 0.1) is 14.2 Å². The van der Waals surface area contributed by atoms with Crippen LogP contribution in [0.3, 0.4) is 0 Å². The second-order valence-electron chi connectivity index (χ2n) is 4.59. The number of hydrogen-bond acceptors (Lipinski definition) is 5. The van der Waals surface area contributed by atoms with Crippen molar-refractivity contribution in [3.8, 4) is 11.5 Å². The van der Waals surface area contributed by atoms with E-state index in [1.807, 2.05) is 30.3 Å². The van der Waals surface area contributed by atoms with Crippen LogP contribution in [-0.4, -0.2) is 28.8 Å². The van der Waals surface area contributed by atoms with Crippen LogP contribution in [0.25, 0.3) is 5.52 Å². The maximum atomic E-state index is 5.40. The van der Waals surface area contributed by atoms with Crippen molar-refractivity contribution >= 4 is 27.3 Å². The van der Waals surface area contributed by atoms with Crippen LogP contribution in [0.2, 0.25) is 0 Å². The number of fused-ring (bicyclic) bond motifs is 1. The minimum atomic E-state index is 0.586. The molecule has 0 fully saturated rings. The van der Waals surface area contributed by atoms with Gasteiger partial charge in [0.2, 0.25) is 0 Å². The number of benzene rings is 1. The number of methoxy groups -OCH3 is 2. The molecule has 7 heteroatoms. The minimum absolute atomic E-state index is 0.586. The van der Waals surface area contributed by atoms with Gasteiger partial charge in [-0.1, -0.05) is 0 Å². The van der Waals surface area contributed by atoms with E-state index in [9.17, 15) is 0 Å². The number of hydrogen-bond donors (Lipinski definition) is 1. The van der Waals surface area contributed by atoms with Crippen molar-refractivity contribution in [2.45, 2.75) is 6.54 Å². The van der Waals surface area contributed by atoms with Gasteiger partial charge in [-0.25, -0.2) is 9.50 Å². The molecular formula is C15H15BrN4O2. The summed E-state index contributed by atoms with van der Waals surface area (Å²) in [4.78, 5) is 4.30. The average Bonchev–Trinajstić information content (AvgIpc) is 2.94. The Morgan fingerprint density at radius 3 is 2.82 bits per heavy atom. The minimum Gasteiger partial charge on any atom is -0.497 e. The van der Waals surface area contributed by atoms with E-state index in [1.165, 1.54) is 6.33 Å². The van der Waals surface area contributed by atoms with Crippen molar-refractivity contribution < 1.29 is 9.47 Å². The lowest BCUT2D eigenvalue weighted by Crippen LogP contribution is -2.06. The summed E-state index contributed by atoms with van der Waals surface area (Å²) in [5.41, 5.74) is 1.92. The summed E-state index contributed by atoms with van der Waals surface area (Å²) in [6, 6.07) is 9.63. The molecule has 114 valence electrons. The number of ether oxygens (including phenoxy) is 2. The van der Waals surface area contributed by atoms with Gasteiger partial charge < -0.3 is 14.8 Å². The molecule has 0 bridgehead atoms. The van der Waals surface area contributed by atoms with E-state index in [0.717, 1.165) is 33.0 Å². The third-order valence-corrected chi connectivity index (χ3v) is 3.95. The molecule has 0 unspecified atom stereocenters. The van der Waals surface area contributed by atoms with Gasteiger partial charge >= 0.3 is 0 Å². The fraction of sp³-hybridized carbons (Fsp3) is 0.200. The lowest BCUT2D eigenvalue weighted by Gasteiger charge is -2.12. The van der Waals surface area contributed by atoms with E-state index >= 15 is 0 Å². The largest absolute Gasteiger partial charge is 0.497 e. The molecular weight excluding hydrogens is 348 g/mol. The van der Waals surface area contributed by atoms with Crippen molar-refractivity contribution in [2.24, 2.45) is 0 Å². The lowest BCUT2D eigenvalue weighted by atomic mass is 10.2. The van der Waals surface area contributed by atoms with Crippen LogP contribution in [0.1, 0.15) is 5.56 Å². The van der Waals surface area contributed by atoms with Gasteiger partial charge in [0.1, 0.15) is 27.9 Å². The number of nitrogens with zero attached hydrogens (tertiary/aromatic N) is 3. The van der Waals surface area contributed by atoms with Crippen LogP contribution in [-0.2, 0) is 6.54 Å². The highest BCUT2D eigenvalue weighted by atomic mass is 79.9. The van der Waals surface area contributed by atoms with Gasteiger partial charge in [0.15, 0.2) is 5.82 Å². The molecule has 6 nitrogen and oxygen atoms in total. The van der Waals surface area contributed by atoms with E-state index in [4.69, 9.17) is 9.47 Å². The smallest absolute Gasteiger partial charge is 0.154 e. The average molecular weight is 363 g/mol. The SMILES string of the molecule is COc1ccc(CNc2ncnn3c(Br)ccc23)c(OC)c1. The second-order valence-corrected chi connectivity index (χ2v) is 5.41. The zero-order valence-electron chi connectivity index (χ0n) is 12.2. The predicted molar refractivity (Wildman–Crippen MR) is 87.6 cm³/mol. The summed E-state index contributed by atoms with van der Waals surface area (Å²) in [6.07, 6.45) is 1.52. The van der Waals surface area contributed by atoms with Crippen molar-refractivity contribution in [1.29, 1.82) is 0 Å². The molecule has 0 saturated heterocycles. The van der Waals surface area contributed by atoms with Crippen LogP contribution in [0.15, 0.2) is 41.3 Å². The molecule has 1 N–H and O–H groups in total. The maximum absolute atomic E-state index is 5.40. The first kappa shape index (κ1) is 14.6. The Morgan fingerprint density at radius 2 is 2.05 bits per heavy atom. The Hall–Kier alpha value is -2.28. The Balaban J connectivity index is 1.85. The molecule has 0 aliphatic carbocycles. The summed E-state index contributed by atoms with van der Waals surface area (Å²) in [7, 11) is 3.28. The summed E-state index contributed by atoms with van der Waals surface area (Å²) >= 11 is 3.45. The molecule has 0 amide bonds. The Kier molecular flexibility index (Phi) is 4.15. The van der Waals surface area contributed by atoms with Crippen LogP contribution in [0.4, 0.5) is 5.82 Å². The fourth-order valence-corrected chi connectivity index (χ4v) is 2.63. The molecule has 0 radical (unpaired) electrons. The van der Waals surface area contributed by atoms with Crippen molar-refractivity contribution in [2.75, 3.05) is 19.5 Å². The van der Waals surface area contributed by atoms with Gasteiger partial charge in [-0.2, -0.15) is 5.10 Å². The first-order chi connectivity index (χ1) is 10.7. The molecule has 0 atom stereocenters. The summed E-state index contributed by atoms with van der Waals surface area (Å²) in [5.74, 6) is 2.30. The number of halogens is 1. The Morgan fingerprint density at radius 1 is 1.18 bits per heavy atom. The molecule has 2 heterocycles. The predicted octanol–water partition coefficient (Wildman–Crippen LogP) is 3.12. The number of aromatic nitrogens is 3. The molecule has 2 aromatic heterocycles. The third-order valence-electron chi connectivity index (χ3n) is 3.35. The van der Waals surface area contributed by atoms with Crippen LogP contribution in [0, 0.1) is 0 Å². The zero-order chi connectivity index (χ0) is 15.5. The number of nitrogens with one attached hydrogen (secondary N) is 1. The molecule has 0 spiro atoms. The van der Waals surface area contributed by atoms with E-state index in [-0.39, 0.29) is 0 Å². The normalized spacial score (nSPS) is 10.7. The van der Waals surface area contributed by atoms with E-state index in [0.29, 0.717) is 6.54 Å². The highest BCUT2D eigenvalue weighted by Crippen LogP contribution is 2.26. The molecule has 3 aromatic rings. The molecule has 0 aliphatic rings. The number of anilines is 1. The fourth-order valence-electron chi connectivity index (χ4n) is 2.21. The first-order valence-corrected chi connectivity index (χ1v) is 7.45. The molecule has 1 aromatic carbocycles. The first-order valence-electron chi connectivity index (χ1n) is 6.66.